The minimum absolute atomic E-state index is 0.0729. The van der Waals surface area contributed by atoms with Crippen molar-refractivity contribution in [1.29, 1.82) is 0 Å². The molecule has 0 aliphatic carbocycles. The molecule has 1 aliphatic heterocycles. The summed E-state index contributed by atoms with van der Waals surface area (Å²) in [6, 6.07) is -0.366. The molecule has 2 atom stereocenters. The molecular weight excluding hydrogens is 268 g/mol. The third-order valence-electron chi connectivity index (χ3n) is 3.25. The van der Waals surface area contributed by atoms with E-state index in [4.69, 9.17) is 9.84 Å². The number of carbonyl (C=O) groups excluding carboxylic acids is 1. The van der Waals surface area contributed by atoms with E-state index >= 15 is 0 Å². The number of thioether (sulfide) groups is 1. The second-order valence-corrected chi connectivity index (χ2v) is 5.63. The molecule has 0 bridgehead atoms. The van der Waals surface area contributed by atoms with Gasteiger partial charge in [-0.2, -0.15) is 11.8 Å². The minimum Gasteiger partial charge on any atom is -0.481 e. The van der Waals surface area contributed by atoms with Gasteiger partial charge in [0.25, 0.3) is 0 Å². The van der Waals surface area contributed by atoms with Crippen LogP contribution in [0.3, 0.4) is 0 Å². The van der Waals surface area contributed by atoms with E-state index in [2.05, 4.69) is 0 Å². The van der Waals surface area contributed by atoms with E-state index in [1.54, 1.807) is 28.6 Å². The largest absolute Gasteiger partial charge is 0.481 e. The van der Waals surface area contributed by atoms with E-state index in [0.717, 1.165) is 5.75 Å². The molecular formula is C12H22N2O4S. The summed E-state index contributed by atoms with van der Waals surface area (Å²) in [5, 5.41) is 8.89. The van der Waals surface area contributed by atoms with Gasteiger partial charge in [0.05, 0.1) is 25.7 Å². The van der Waals surface area contributed by atoms with Crippen LogP contribution in [0.15, 0.2) is 0 Å². The average Bonchev–Trinajstić information content (AvgIpc) is 2.37. The average molecular weight is 290 g/mol. The summed E-state index contributed by atoms with van der Waals surface area (Å²) in [5.74, 6) is -0.0518. The smallest absolute Gasteiger partial charge is 0.320 e. The molecule has 1 aliphatic rings. The van der Waals surface area contributed by atoms with Gasteiger partial charge in [-0.25, -0.2) is 4.79 Å². The number of rotatable bonds is 5. The van der Waals surface area contributed by atoms with E-state index in [-0.39, 0.29) is 24.5 Å². The first-order chi connectivity index (χ1) is 8.97. The van der Waals surface area contributed by atoms with Crippen molar-refractivity contribution in [2.45, 2.75) is 25.4 Å². The SMILES string of the molecule is CSCC(C)N(C)C(=O)N1CCOCC1CC(=O)O. The summed E-state index contributed by atoms with van der Waals surface area (Å²) in [5.41, 5.74) is 0. The summed E-state index contributed by atoms with van der Waals surface area (Å²) in [6.07, 6.45) is 1.92. The van der Waals surface area contributed by atoms with Gasteiger partial charge in [-0.05, 0) is 13.2 Å². The zero-order valence-electron chi connectivity index (χ0n) is 11.7. The van der Waals surface area contributed by atoms with Gasteiger partial charge >= 0.3 is 12.0 Å². The first-order valence-corrected chi connectivity index (χ1v) is 7.68. The highest BCUT2D eigenvalue weighted by Gasteiger charge is 2.32. The number of carboxylic acid groups (broad SMARTS) is 1. The Hall–Kier alpha value is -0.950. The summed E-state index contributed by atoms with van der Waals surface area (Å²) in [7, 11) is 1.76. The fourth-order valence-corrected chi connectivity index (χ4v) is 2.73. The zero-order chi connectivity index (χ0) is 14.4. The lowest BCUT2D eigenvalue weighted by atomic mass is 10.1. The van der Waals surface area contributed by atoms with Crippen LogP contribution in [-0.4, -0.2) is 77.8 Å². The van der Waals surface area contributed by atoms with Gasteiger partial charge < -0.3 is 19.6 Å². The summed E-state index contributed by atoms with van der Waals surface area (Å²) < 4.78 is 5.27. The van der Waals surface area contributed by atoms with Crippen LogP contribution in [0.2, 0.25) is 0 Å². The van der Waals surface area contributed by atoms with Gasteiger partial charge in [-0.3, -0.25) is 4.79 Å². The van der Waals surface area contributed by atoms with Gasteiger partial charge in [-0.1, -0.05) is 0 Å². The third-order valence-corrected chi connectivity index (χ3v) is 4.07. The van der Waals surface area contributed by atoms with Gasteiger partial charge in [0.1, 0.15) is 0 Å². The van der Waals surface area contributed by atoms with Gasteiger partial charge in [-0.15, -0.1) is 0 Å². The van der Waals surface area contributed by atoms with Crippen LogP contribution in [0.4, 0.5) is 4.79 Å². The number of nitrogens with zero attached hydrogens (tertiary/aromatic N) is 2. The van der Waals surface area contributed by atoms with E-state index in [0.29, 0.717) is 19.8 Å². The second-order valence-electron chi connectivity index (χ2n) is 4.72. The molecule has 1 rings (SSSR count). The van der Waals surface area contributed by atoms with Crippen LogP contribution in [0.25, 0.3) is 0 Å². The van der Waals surface area contributed by atoms with Crippen LogP contribution < -0.4 is 0 Å². The zero-order valence-corrected chi connectivity index (χ0v) is 12.5. The lowest BCUT2D eigenvalue weighted by Crippen LogP contribution is -2.55. The number of ether oxygens (including phenoxy) is 1. The Labute approximate surface area is 118 Å². The molecule has 1 N–H and O–H groups in total. The quantitative estimate of drug-likeness (QED) is 0.817. The molecule has 2 amide bonds. The molecule has 7 heteroatoms. The van der Waals surface area contributed by atoms with Crippen molar-refractivity contribution in [3.05, 3.63) is 0 Å². The summed E-state index contributed by atoms with van der Waals surface area (Å²) in [4.78, 5) is 26.5. The van der Waals surface area contributed by atoms with Crippen molar-refractivity contribution in [3.63, 3.8) is 0 Å². The van der Waals surface area contributed by atoms with Crippen molar-refractivity contribution in [1.82, 2.24) is 9.80 Å². The Morgan fingerprint density at radius 2 is 2.26 bits per heavy atom. The summed E-state index contributed by atoms with van der Waals surface area (Å²) in [6.45, 7) is 3.20. The Morgan fingerprint density at radius 1 is 1.58 bits per heavy atom. The van der Waals surface area contributed by atoms with E-state index in [1.807, 2.05) is 13.2 Å². The maximum absolute atomic E-state index is 12.4. The molecule has 0 radical (unpaired) electrons. The van der Waals surface area contributed by atoms with Gasteiger partial charge in [0, 0.05) is 25.4 Å². The van der Waals surface area contributed by atoms with Crippen LogP contribution in [0.1, 0.15) is 13.3 Å². The fourth-order valence-electron chi connectivity index (χ4n) is 2.02. The molecule has 0 aromatic carbocycles. The normalized spacial score (nSPS) is 21.0. The molecule has 2 unspecified atom stereocenters. The molecule has 0 spiro atoms. The van der Waals surface area contributed by atoms with Crippen LogP contribution >= 0.6 is 11.8 Å². The van der Waals surface area contributed by atoms with Crippen LogP contribution in [0, 0.1) is 0 Å². The van der Waals surface area contributed by atoms with E-state index in [1.165, 1.54) is 0 Å². The minimum atomic E-state index is -0.909. The molecule has 0 aromatic heterocycles. The molecule has 1 saturated heterocycles. The number of hydrogen-bond acceptors (Lipinski definition) is 4. The Bertz CT molecular complexity index is 327. The van der Waals surface area contributed by atoms with E-state index in [9.17, 15) is 9.59 Å². The van der Waals surface area contributed by atoms with E-state index < -0.39 is 5.97 Å². The topological polar surface area (TPSA) is 70.1 Å². The summed E-state index contributed by atoms with van der Waals surface area (Å²) >= 11 is 1.68. The number of hydrogen-bond donors (Lipinski definition) is 1. The van der Waals surface area contributed by atoms with Gasteiger partial charge in [0.2, 0.25) is 0 Å². The maximum Gasteiger partial charge on any atom is 0.320 e. The lowest BCUT2D eigenvalue weighted by molar-refractivity contribution is -0.139. The van der Waals surface area contributed by atoms with Gasteiger partial charge in [0.15, 0.2) is 0 Å². The second kappa shape index (κ2) is 7.59. The van der Waals surface area contributed by atoms with Crippen molar-refractivity contribution in [3.8, 4) is 0 Å². The van der Waals surface area contributed by atoms with Crippen molar-refractivity contribution >= 4 is 23.8 Å². The number of carboxylic acids is 1. The first-order valence-electron chi connectivity index (χ1n) is 6.29. The first kappa shape index (κ1) is 16.1. The Morgan fingerprint density at radius 3 is 2.84 bits per heavy atom. The lowest BCUT2D eigenvalue weighted by Gasteiger charge is -2.38. The number of aliphatic carboxylic acids is 1. The van der Waals surface area contributed by atoms with Crippen LogP contribution in [0.5, 0.6) is 0 Å². The Balaban J connectivity index is 2.68. The molecule has 1 heterocycles. The Kier molecular flexibility index (Phi) is 6.44. The number of amides is 2. The number of carbonyl (C=O) groups is 2. The predicted octanol–water partition coefficient (Wildman–Crippen LogP) is 0.965. The monoisotopic (exact) mass is 290 g/mol. The molecule has 0 saturated carbocycles. The third kappa shape index (κ3) is 4.58. The number of urea groups is 1. The molecule has 0 aromatic rings. The highest BCUT2D eigenvalue weighted by atomic mass is 32.2. The molecule has 1 fully saturated rings. The van der Waals surface area contributed by atoms with Crippen molar-refractivity contribution in [2.24, 2.45) is 0 Å². The predicted molar refractivity (Wildman–Crippen MR) is 74.6 cm³/mol. The fraction of sp³-hybridized carbons (Fsp3) is 0.833. The molecule has 6 nitrogen and oxygen atoms in total. The number of morpholine rings is 1. The highest BCUT2D eigenvalue weighted by molar-refractivity contribution is 7.98. The van der Waals surface area contributed by atoms with Crippen LogP contribution in [-0.2, 0) is 9.53 Å². The molecule has 110 valence electrons. The maximum atomic E-state index is 12.4. The van der Waals surface area contributed by atoms with Crippen molar-refractivity contribution in [2.75, 3.05) is 38.8 Å². The highest BCUT2D eigenvalue weighted by Crippen LogP contribution is 2.15. The standard InChI is InChI=1S/C12H22N2O4S/c1-9(8-19-3)13(2)12(17)14-4-5-18-7-10(14)6-11(15)16/h9-10H,4-8H2,1-3H3,(H,15,16). The van der Waals surface area contributed by atoms with Crippen molar-refractivity contribution < 1.29 is 19.4 Å². The molecule has 19 heavy (non-hydrogen) atoms.